The molecule has 0 radical (unpaired) electrons. The number of methoxy groups -OCH3 is 1. The lowest BCUT2D eigenvalue weighted by Gasteiger charge is -2.19. The van der Waals surface area contributed by atoms with Gasteiger partial charge in [-0.25, -0.2) is 4.79 Å². The van der Waals surface area contributed by atoms with E-state index in [1.807, 2.05) is 0 Å². The molecule has 2 saturated heterocycles. The largest absolute Gasteiger partial charge is 0.453 e. The van der Waals surface area contributed by atoms with Crippen LogP contribution in [0.5, 0.6) is 0 Å². The Hall–Kier alpha value is -2.08. The highest BCUT2D eigenvalue weighted by Crippen LogP contribution is 2.34. The zero-order chi connectivity index (χ0) is 14.8. The maximum Gasteiger partial charge on any atom is 0.411 e. The zero-order valence-electron chi connectivity index (χ0n) is 11.9. The first-order valence-electron chi connectivity index (χ1n) is 7.17. The average Bonchev–Trinajstić information content (AvgIpc) is 3.10. The van der Waals surface area contributed by atoms with Crippen LogP contribution in [0.3, 0.4) is 0 Å². The van der Waals surface area contributed by atoms with E-state index in [1.54, 1.807) is 24.3 Å². The van der Waals surface area contributed by atoms with Crippen molar-refractivity contribution in [3.05, 3.63) is 24.3 Å². The fourth-order valence-corrected chi connectivity index (χ4v) is 3.19. The van der Waals surface area contributed by atoms with E-state index >= 15 is 0 Å². The predicted molar refractivity (Wildman–Crippen MR) is 79.2 cm³/mol. The molecule has 21 heavy (non-hydrogen) atoms. The van der Waals surface area contributed by atoms with Gasteiger partial charge in [0.05, 0.1) is 13.0 Å². The summed E-state index contributed by atoms with van der Waals surface area (Å²) in [4.78, 5) is 23.5. The first-order chi connectivity index (χ1) is 10.2. The first-order valence-corrected chi connectivity index (χ1v) is 7.17. The van der Waals surface area contributed by atoms with Gasteiger partial charge in [-0.2, -0.15) is 0 Å². The summed E-state index contributed by atoms with van der Waals surface area (Å²) in [6.07, 6.45) is 2.63. The predicted octanol–water partition coefficient (Wildman–Crippen LogP) is 1.94. The van der Waals surface area contributed by atoms with Crippen molar-refractivity contribution < 1.29 is 14.3 Å². The minimum Gasteiger partial charge on any atom is -0.453 e. The number of fused-ring (bicyclic) bond motifs is 2. The van der Waals surface area contributed by atoms with Crippen LogP contribution in [-0.2, 0) is 9.53 Å². The fraction of sp³-hybridized carbons (Fsp3) is 0.467. The summed E-state index contributed by atoms with van der Waals surface area (Å²) in [5.41, 5.74) is 1.27. The molecular formula is C15H19N3O3. The van der Waals surface area contributed by atoms with Gasteiger partial charge in [-0.1, -0.05) is 6.07 Å². The molecule has 2 aliphatic heterocycles. The molecule has 2 bridgehead atoms. The summed E-state index contributed by atoms with van der Waals surface area (Å²) in [6.45, 7) is 0. The molecule has 2 aliphatic rings. The zero-order valence-corrected chi connectivity index (χ0v) is 11.9. The van der Waals surface area contributed by atoms with Crippen molar-refractivity contribution in [1.82, 2.24) is 5.32 Å². The number of benzene rings is 1. The molecule has 3 atom stereocenters. The Kier molecular flexibility index (Phi) is 3.79. The van der Waals surface area contributed by atoms with Gasteiger partial charge in [-0.15, -0.1) is 0 Å². The van der Waals surface area contributed by atoms with Crippen molar-refractivity contribution in [2.24, 2.45) is 5.92 Å². The Morgan fingerprint density at radius 2 is 2.00 bits per heavy atom. The Bertz CT molecular complexity index is 561. The molecule has 0 saturated carbocycles. The minimum absolute atomic E-state index is 0.0426. The number of anilines is 2. The second-order valence-corrected chi connectivity index (χ2v) is 5.58. The number of hydrogen-bond acceptors (Lipinski definition) is 4. The Morgan fingerprint density at radius 1 is 1.24 bits per heavy atom. The van der Waals surface area contributed by atoms with Gasteiger partial charge in [-0.3, -0.25) is 10.1 Å². The van der Waals surface area contributed by atoms with E-state index in [-0.39, 0.29) is 11.8 Å². The van der Waals surface area contributed by atoms with E-state index in [0.29, 0.717) is 23.5 Å². The van der Waals surface area contributed by atoms with Gasteiger partial charge in [0.2, 0.25) is 5.91 Å². The summed E-state index contributed by atoms with van der Waals surface area (Å²) in [5, 5.41) is 8.96. The highest BCUT2D eigenvalue weighted by atomic mass is 16.5. The van der Waals surface area contributed by atoms with E-state index < -0.39 is 6.09 Å². The minimum atomic E-state index is -0.532. The second kappa shape index (κ2) is 5.73. The summed E-state index contributed by atoms with van der Waals surface area (Å²) < 4.78 is 4.54. The number of ether oxygens (including phenoxy) is 1. The molecule has 3 rings (SSSR count). The quantitative estimate of drug-likeness (QED) is 0.794. The van der Waals surface area contributed by atoms with Gasteiger partial charge < -0.3 is 15.4 Å². The molecule has 6 heteroatoms. The first kappa shape index (κ1) is 13.9. The van der Waals surface area contributed by atoms with Crippen molar-refractivity contribution in [1.29, 1.82) is 0 Å². The van der Waals surface area contributed by atoms with Crippen LogP contribution in [0.15, 0.2) is 24.3 Å². The second-order valence-electron chi connectivity index (χ2n) is 5.58. The molecule has 3 N–H and O–H groups in total. The Morgan fingerprint density at radius 3 is 2.62 bits per heavy atom. The van der Waals surface area contributed by atoms with E-state index in [9.17, 15) is 9.59 Å². The molecule has 3 unspecified atom stereocenters. The molecule has 2 fully saturated rings. The highest BCUT2D eigenvalue weighted by molar-refractivity contribution is 5.94. The standard InChI is InChI=1S/C15H19N3O3/c1-21-15(20)18-10-4-2-3-9(7-10)17-14(19)12-8-11-5-6-13(12)16-11/h2-4,7,11-13,16H,5-6,8H2,1H3,(H,17,19)(H,18,20). The number of amides is 2. The summed E-state index contributed by atoms with van der Waals surface area (Å²) in [7, 11) is 1.31. The maximum atomic E-state index is 12.3. The molecule has 112 valence electrons. The van der Waals surface area contributed by atoms with Crippen LogP contribution >= 0.6 is 0 Å². The van der Waals surface area contributed by atoms with Crippen molar-refractivity contribution in [2.45, 2.75) is 31.3 Å². The van der Waals surface area contributed by atoms with Crippen LogP contribution in [0.1, 0.15) is 19.3 Å². The fourth-order valence-electron chi connectivity index (χ4n) is 3.19. The van der Waals surface area contributed by atoms with E-state index in [4.69, 9.17) is 0 Å². The molecule has 0 aliphatic carbocycles. The summed E-state index contributed by atoms with van der Waals surface area (Å²) >= 11 is 0. The number of nitrogens with one attached hydrogen (secondary N) is 3. The topological polar surface area (TPSA) is 79.5 Å². The lowest BCUT2D eigenvalue weighted by Crippen LogP contribution is -2.32. The molecular weight excluding hydrogens is 270 g/mol. The van der Waals surface area contributed by atoms with Crippen LogP contribution in [0.4, 0.5) is 16.2 Å². The molecule has 6 nitrogen and oxygen atoms in total. The van der Waals surface area contributed by atoms with Crippen LogP contribution in [-0.4, -0.2) is 31.2 Å². The highest BCUT2D eigenvalue weighted by Gasteiger charge is 2.42. The van der Waals surface area contributed by atoms with Crippen molar-refractivity contribution in [3.8, 4) is 0 Å². The van der Waals surface area contributed by atoms with Gasteiger partial charge in [0, 0.05) is 23.5 Å². The Labute approximate surface area is 123 Å². The maximum absolute atomic E-state index is 12.3. The molecule has 2 amide bonds. The van der Waals surface area contributed by atoms with Crippen molar-refractivity contribution in [3.63, 3.8) is 0 Å². The van der Waals surface area contributed by atoms with Gasteiger partial charge in [0.1, 0.15) is 0 Å². The molecule has 0 aromatic heterocycles. The normalized spacial score (nSPS) is 26.4. The van der Waals surface area contributed by atoms with E-state index in [1.165, 1.54) is 13.5 Å². The van der Waals surface area contributed by atoms with Gasteiger partial charge in [-0.05, 0) is 37.5 Å². The molecule has 1 aromatic rings. The number of rotatable bonds is 3. The lowest BCUT2D eigenvalue weighted by molar-refractivity contribution is -0.120. The van der Waals surface area contributed by atoms with Gasteiger partial charge in [0.25, 0.3) is 0 Å². The van der Waals surface area contributed by atoms with Crippen LogP contribution in [0.25, 0.3) is 0 Å². The summed E-state index contributed by atoms with van der Waals surface area (Å²) in [6, 6.07) is 7.85. The van der Waals surface area contributed by atoms with Crippen molar-refractivity contribution in [2.75, 3.05) is 17.7 Å². The molecule has 2 heterocycles. The third-order valence-electron chi connectivity index (χ3n) is 4.20. The SMILES string of the molecule is COC(=O)Nc1cccc(NC(=O)C2CC3CCC2N3)c1. The van der Waals surface area contributed by atoms with Crippen molar-refractivity contribution >= 4 is 23.4 Å². The molecule has 0 spiro atoms. The van der Waals surface area contributed by atoms with Crippen LogP contribution in [0, 0.1) is 5.92 Å². The third-order valence-corrected chi connectivity index (χ3v) is 4.20. The van der Waals surface area contributed by atoms with Crippen LogP contribution in [0.2, 0.25) is 0 Å². The van der Waals surface area contributed by atoms with Gasteiger partial charge >= 0.3 is 6.09 Å². The summed E-state index contributed by atoms with van der Waals surface area (Å²) in [5.74, 6) is 0.0888. The Balaban J connectivity index is 1.63. The number of hydrogen-bond donors (Lipinski definition) is 3. The smallest absolute Gasteiger partial charge is 0.411 e. The van der Waals surface area contributed by atoms with E-state index in [0.717, 1.165) is 12.8 Å². The van der Waals surface area contributed by atoms with Gasteiger partial charge in [0.15, 0.2) is 0 Å². The molecule has 1 aromatic carbocycles. The number of carbonyl (C=O) groups excluding carboxylic acids is 2. The van der Waals surface area contributed by atoms with Crippen LogP contribution < -0.4 is 16.0 Å². The monoisotopic (exact) mass is 289 g/mol. The van der Waals surface area contributed by atoms with E-state index in [2.05, 4.69) is 20.7 Å². The third kappa shape index (κ3) is 3.00. The average molecular weight is 289 g/mol. The lowest BCUT2D eigenvalue weighted by atomic mass is 9.88. The number of carbonyl (C=O) groups is 2.